The summed E-state index contributed by atoms with van der Waals surface area (Å²) in [4.78, 5) is 2.17. The second-order valence-electron chi connectivity index (χ2n) is 4.53. The minimum atomic E-state index is -0.226. The number of hydrogen-bond donors (Lipinski definition) is 1. The van der Waals surface area contributed by atoms with Crippen LogP contribution in [0, 0.1) is 0 Å². The summed E-state index contributed by atoms with van der Waals surface area (Å²) < 4.78 is 5.92. The summed E-state index contributed by atoms with van der Waals surface area (Å²) in [6.07, 6.45) is 0.0529. The third kappa shape index (κ3) is 1.98. The molecule has 0 amide bonds. The van der Waals surface area contributed by atoms with Crippen molar-refractivity contribution in [1.29, 1.82) is 0 Å². The van der Waals surface area contributed by atoms with Gasteiger partial charge in [-0.1, -0.05) is 12.1 Å². The van der Waals surface area contributed by atoms with E-state index >= 15 is 0 Å². The number of aromatic hydroxyl groups is 1. The van der Waals surface area contributed by atoms with Crippen LogP contribution < -0.4 is 0 Å². The van der Waals surface area contributed by atoms with Gasteiger partial charge in [-0.05, 0) is 38.6 Å². The Balaban J connectivity index is 2.21. The molecule has 1 aliphatic rings. The van der Waals surface area contributed by atoms with E-state index in [2.05, 4.69) is 18.7 Å². The fourth-order valence-electron chi connectivity index (χ4n) is 1.84. The molecule has 15 heavy (non-hydrogen) atoms. The smallest absolute Gasteiger partial charge is 0.116 e. The molecule has 1 aromatic rings. The van der Waals surface area contributed by atoms with Crippen LogP contribution in [0.15, 0.2) is 24.3 Å². The maximum Gasteiger partial charge on any atom is 0.116 e. The van der Waals surface area contributed by atoms with Crippen molar-refractivity contribution in [2.75, 3.05) is 13.6 Å². The van der Waals surface area contributed by atoms with E-state index in [0.717, 1.165) is 12.1 Å². The summed E-state index contributed by atoms with van der Waals surface area (Å²) in [6.45, 7) is 4.96. The molecular formula is C12H17NO2. The number of rotatable bonds is 1. The zero-order valence-electron chi connectivity index (χ0n) is 9.40. The molecule has 1 heterocycles. The third-order valence-electron chi connectivity index (χ3n) is 3.03. The Hall–Kier alpha value is -1.06. The lowest BCUT2D eigenvalue weighted by molar-refractivity contribution is -0.0681. The van der Waals surface area contributed by atoms with Crippen molar-refractivity contribution < 1.29 is 9.84 Å². The van der Waals surface area contributed by atoms with E-state index in [1.54, 1.807) is 12.1 Å². The lowest BCUT2D eigenvalue weighted by atomic mass is 10.1. The van der Waals surface area contributed by atoms with E-state index in [9.17, 15) is 5.11 Å². The summed E-state index contributed by atoms with van der Waals surface area (Å²) in [5, 5.41) is 9.40. The van der Waals surface area contributed by atoms with Gasteiger partial charge >= 0.3 is 0 Å². The van der Waals surface area contributed by atoms with Crippen LogP contribution in [-0.4, -0.2) is 29.3 Å². The molecule has 3 heteroatoms. The number of nitrogens with zero attached hydrogens (tertiary/aromatic N) is 1. The van der Waals surface area contributed by atoms with Gasteiger partial charge in [0.25, 0.3) is 0 Å². The molecule has 0 saturated carbocycles. The van der Waals surface area contributed by atoms with Crippen LogP contribution in [0.5, 0.6) is 5.75 Å². The Morgan fingerprint density at radius 3 is 2.73 bits per heavy atom. The molecule has 82 valence electrons. The molecule has 1 N–H and O–H groups in total. The first-order chi connectivity index (χ1) is 6.99. The predicted molar refractivity (Wildman–Crippen MR) is 58.6 cm³/mol. The largest absolute Gasteiger partial charge is 0.508 e. The molecule has 3 nitrogen and oxygen atoms in total. The molecule has 1 unspecified atom stereocenters. The number of hydrogen-bond acceptors (Lipinski definition) is 3. The molecule has 0 aliphatic carbocycles. The molecule has 1 aliphatic heterocycles. The van der Waals surface area contributed by atoms with Gasteiger partial charge in [0.1, 0.15) is 11.5 Å². The standard InChI is InChI=1S/C12H17NO2/c1-12(2)13(3)8-11(15-12)9-5-4-6-10(14)7-9/h4-7,11,14H,8H2,1-3H3. The van der Waals surface area contributed by atoms with Crippen molar-refractivity contribution in [2.24, 2.45) is 0 Å². The van der Waals surface area contributed by atoms with E-state index in [4.69, 9.17) is 4.74 Å². The monoisotopic (exact) mass is 207 g/mol. The van der Waals surface area contributed by atoms with Gasteiger partial charge in [0.15, 0.2) is 0 Å². The molecule has 0 spiro atoms. The maximum atomic E-state index is 9.40. The summed E-state index contributed by atoms with van der Waals surface area (Å²) in [5.74, 6) is 0.295. The summed E-state index contributed by atoms with van der Waals surface area (Å²) in [5.41, 5.74) is 0.809. The minimum Gasteiger partial charge on any atom is -0.508 e. The molecule has 1 saturated heterocycles. The number of ether oxygens (including phenoxy) is 1. The van der Waals surface area contributed by atoms with E-state index in [1.807, 2.05) is 19.2 Å². The van der Waals surface area contributed by atoms with Crippen LogP contribution in [0.1, 0.15) is 25.5 Å². The maximum absolute atomic E-state index is 9.40. The van der Waals surface area contributed by atoms with Crippen molar-refractivity contribution in [1.82, 2.24) is 4.90 Å². The van der Waals surface area contributed by atoms with Crippen molar-refractivity contribution >= 4 is 0 Å². The van der Waals surface area contributed by atoms with Crippen molar-refractivity contribution in [3.8, 4) is 5.75 Å². The Morgan fingerprint density at radius 2 is 2.20 bits per heavy atom. The number of phenols is 1. The van der Waals surface area contributed by atoms with Gasteiger partial charge in [0.2, 0.25) is 0 Å². The fourth-order valence-corrected chi connectivity index (χ4v) is 1.84. The van der Waals surface area contributed by atoms with Gasteiger partial charge in [-0.3, -0.25) is 4.90 Å². The minimum absolute atomic E-state index is 0.0529. The quantitative estimate of drug-likeness (QED) is 0.765. The van der Waals surface area contributed by atoms with E-state index < -0.39 is 0 Å². The predicted octanol–water partition coefficient (Wildman–Crippen LogP) is 2.13. The zero-order valence-corrected chi connectivity index (χ0v) is 9.40. The second kappa shape index (κ2) is 3.51. The second-order valence-corrected chi connectivity index (χ2v) is 4.53. The first-order valence-corrected chi connectivity index (χ1v) is 5.17. The van der Waals surface area contributed by atoms with Crippen LogP contribution in [-0.2, 0) is 4.74 Å². The molecular weight excluding hydrogens is 190 g/mol. The van der Waals surface area contributed by atoms with Gasteiger partial charge in [0, 0.05) is 6.54 Å². The van der Waals surface area contributed by atoms with Gasteiger partial charge < -0.3 is 9.84 Å². The van der Waals surface area contributed by atoms with Gasteiger partial charge in [-0.2, -0.15) is 0 Å². The molecule has 1 aromatic carbocycles. The topological polar surface area (TPSA) is 32.7 Å². The first-order valence-electron chi connectivity index (χ1n) is 5.17. The van der Waals surface area contributed by atoms with Crippen LogP contribution in [0.3, 0.4) is 0 Å². The highest BCUT2D eigenvalue weighted by molar-refractivity contribution is 5.29. The SMILES string of the molecule is CN1CC(c2cccc(O)c2)OC1(C)C. The van der Waals surface area contributed by atoms with Crippen molar-refractivity contribution in [3.05, 3.63) is 29.8 Å². The highest BCUT2D eigenvalue weighted by Crippen LogP contribution is 2.34. The summed E-state index contributed by atoms with van der Waals surface area (Å²) in [7, 11) is 2.04. The zero-order chi connectivity index (χ0) is 11.1. The molecule has 0 radical (unpaired) electrons. The van der Waals surface area contributed by atoms with Crippen LogP contribution in [0.25, 0.3) is 0 Å². The van der Waals surface area contributed by atoms with Crippen LogP contribution in [0.2, 0.25) is 0 Å². The Morgan fingerprint density at radius 1 is 1.47 bits per heavy atom. The van der Waals surface area contributed by atoms with Crippen molar-refractivity contribution in [2.45, 2.75) is 25.7 Å². The average molecular weight is 207 g/mol. The van der Waals surface area contributed by atoms with Crippen molar-refractivity contribution in [3.63, 3.8) is 0 Å². The first kappa shape index (κ1) is 10.5. The van der Waals surface area contributed by atoms with Crippen LogP contribution in [0.4, 0.5) is 0 Å². The lowest BCUT2D eigenvalue weighted by Gasteiger charge is -2.25. The number of likely N-dealkylation sites (N-methyl/N-ethyl adjacent to an activating group) is 1. The number of benzene rings is 1. The van der Waals surface area contributed by atoms with Gasteiger partial charge in [-0.25, -0.2) is 0 Å². The lowest BCUT2D eigenvalue weighted by Crippen LogP contribution is -2.35. The normalized spacial score (nSPS) is 25.7. The molecule has 0 aromatic heterocycles. The third-order valence-corrected chi connectivity index (χ3v) is 3.03. The summed E-state index contributed by atoms with van der Waals surface area (Å²) >= 11 is 0. The molecule has 1 atom stereocenters. The molecule has 1 fully saturated rings. The molecule has 0 bridgehead atoms. The van der Waals surface area contributed by atoms with Gasteiger partial charge in [0.05, 0.1) is 6.10 Å². The Kier molecular flexibility index (Phi) is 2.44. The molecule has 2 rings (SSSR count). The highest BCUT2D eigenvalue weighted by atomic mass is 16.5. The van der Waals surface area contributed by atoms with E-state index in [0.29, 0.717) is 5.75 Å². The van der Waals surface area contributed by atoms with E-state index in [-0.39, 0.29) is 11.8 Å². The summed E-state index contributed by atoms with van der Waals surface area (Å²) in [6, 6.07) is 7.27. The highest BCUT2D eigenvalue weighted by Gasteiger charge is 2.37. The Labute approximate surface area is 90.3 Å². The fraction of sp³-hybridized carbons (Fsp3) is 0.500. The Bertz CT molecular complexity index is 362. The average Bonchev–Trinajstić information content (AvgIpc) is 2.42. The van der Waals surface area contributed by atoms with Gasteiger partial charge in [-0.15, -0.1) is 0 Å². The van der Waals surface area contributed by atoms with Crippen LogP contribution >= 0.6 is 0 Å². The number of phenolic OH excluding ortho intramolecular Hbond substituents is 1. The van der Waals surface area contributed by atoms with E-state index in [1.165, 1.54) is 0 Å².